The Morgan fingerprint density at radius 1 is 1.06 bits per heavy atom. The second kappa shape index (κ2) is 8.97. The largest absolute Gasteiger partial charge is 0.454 e. The maximum atomic E-state index is 12.3. The van der Waals surface area contributed by atoms with Crippen molar-refractivity contribution in [3.63, 3.8) is 0 Å². The van der Waals surface area contributed by atoms with Crippen LogP contribution < -0.4 is 14.8 Å². The highest BCUT2D eigenvalue weighted by atomic mass is 32.2. The molecule has 4 aromatic rings. The van der Waals surface area contributed by atoms with E-state index in [2.05, 4.69) is 20.5 Å². The summed E-state index contributed by atoms with van der Waals surface area (Å²) < 4.78 is 10.6. The molecule has 0 atom stereocenters. The monoisotopic (exact) mass is 462 g/mol. The summed E-state index contributed by atoms with van der Waals surface area (Å²) in [5, 5.41) is 13.1. The van der Waals surface area contributed by atoms with Crippen LogP contribution in [0.3, 0.4) is 0 Å². The SMILES string of the molecule is Cc1nc(-c2ccccc2)sc1-c1ccc(SCC(=O)Nc2ccc3c(c2)OCO3)nn1. The Bertz CT molecular complexity index is 1260. The lowest BCUT2D eigenvalue weighted by molar-refractivity contribution is -0.113. The number of anilines is 1. The van der Waals surface area contributed by atoms with Crippen LogP contribution in [0.15, 0.2) is 65.7 Å². The Labute approximate surface area is 192 Å². The van der Waals surface area contributed by atoms with E-state index in [1.54, 1.807) is 29.5 Å². The molecule has 1 N–H and O–H groups in total. The maximum Gasteiger partial charge on any atom is 0.234 e. The van der Waals surface area contributed by atoms with Gasteiger partial charge in [0.15, 0.2) is 11.5 Å². The summed E-state index contributed by atoms with van der Waals surface area (Å²) in [7, 11) is 0. The molecular weight excluding hydrogens is 444 g/mol. The summed E-state index contributed by atoms with van der Waals surface area (Å²) in [6.45, 7) is 2.18. The number of nitrogens with zero attached hydrogens (tertiary/aromatic N) is 3. The van der Waals surface area contributed by atoms with Crippen molar-refractivity contribution in [1.82, 2.24) is 15.2 Å². The number of aryl methyl sites for hydroxylation is 1. The fourth-order valence-corrected chi connectivity index (χ4v) is 4.82. The average molecular weight is 463 g/mol. The number of amides is 1. The third-order valence-corrected chi connectivity index (χ3v) is 6.85. The fraction of sp³-hybridized carbons (Fsp3) is 0.130. The number of hydrogen-bond acceptors (Lipinski definition) is 8. The van der Waals surface area contributed by atoms with Gasteiger partial charge in [0.05, 0.1) is 16.3 Å². The second-order valence-electron chi connectivity index (χ2n) is 6.96. The number of benzene rings is 2. The van der Waals surface area contributed by atoms with Gasteiger partial charge in [-0.3, -0.25) is 4.79 Å². The molecule has 1 aliphatic heterocycles. The van der Waals surface area contributed by atoms with Gasteiger partial charge in [0.1, 0.15) is 15.7 Å². The molecule has 9 heteroatoms. The normalized spacial score (nSPS) is 12.0. The molecule has 1 amide bonds. The Balaban J connectivity index is 1.21. The molecule has 160 valence electrons. The van der Waals surface area contributed by atoms with E-state index in [1.807, 2.05) is 49.4 Å². The lowest BCUT2D eigenvalue weighted by Gasteiger charge is -2.06. The highest BCUT2D eigenvalue weighted by molar-refractivity contribution is 7.99. The number of carbonyl (C=O) groups is 1. The number of thioether (sulfide) groups is 1. The third-order valence-electron chi connectivity index (χ3n) is 4.70. The molecule has 0 radical (unpaired) electrons. The zero-order valence-corrected chi connectivity index (χ0v) is 18.7. The van der Waals surface area contributed by atoms with Gasteiger partial charge in [0.25, 0.3) is 0 Å². The van der Waals surface area contributed by atoms with Gasteiger partial charge in [-0.05, 0) is 31.2 Å². The number of thiazole rings is 1. The standard InChI is InChI=1S/C23H18N4O3S2/c1-14-22(32-23(24-14)15-5-3-2-4-6-15)17-8-10-21(27-26-17)31-12-20(28)25-16-7-9-18-19(11-16)30-13-29-18/h2-11H,12-13H2,1H3,(H,25,28). The molecule has 5 rings (SSSR count). The van der Waals surface area contributed by atoms with Gasteiger partial charge in [-0.15, -0.1) is 21.5 Å². The molecule has 1 aliphatic rings. The summed E-state index contributed by atoms with van der Waals surface area (Å²) >= 11 is 2.93. The van der Waals surface area contributed by atoms with Crippen molar-refractivity contribution in [1.29, 1.82) is 0 Å². The molecule has 0 saturated heterocycles. The highest BCUT2D eigenvalue weighted by Crippen LogP contribution is 2.35. The number of carbonyl (C=O) groups excluding carboxylic acids is 1. The van der Waals surface area contributed by atoms with Crippen molar-refractivity contribution in [2.75, 3.05) is 17.9 Å². The Kier molecular flexibility index (Phi) is 5.74. The molecule has 2 aromatic carbocycles. The molecular formula is C23H18N4O3S2. The zero-order chi connectivity index (χ0) is 21.9. The van der Waals surface area contributed by atoms with Crippen LogP contribution in [0.4, 0.5) is 5.69 Å². The van der Waals surface area contributed by atoms with Crippen LogP contribution >= 0.6 is 23.1 Å². The van der Waals surface area contributed by atoms with Crippen molar-refractivity contribution in [3.05, 3.63) is 66.4 Å². The minimum atomic E-state index is -0.134. The number of fused-ring (bicyclic) bond motifs is 1. The predicted octanol–water partition coefficient (Wildman–Crippen LogP) is 5.04. The van der Waals surface area contributed by atoms with Crippen molar-refractivity contribution in [2.24, 2.45) is 0 Å². The van der Waals surface area contributed by atoms with Gasteiger partial charge in [0.2, 0.25) is 12.7 Å². The summed E-state index contributed by atoms with van der Waals surface area (Å²) in [6, 6.07) is 19.2. The zero-order valence-electron chi connectivity index (χ0n) is 17.1. The van der Waals surface area contributed by atoms with Crippen molar-refractivity contribution >= 4 is 34.7 Å². The molecule has 0 aliphatic carbocycles. The minimum absolute atomic E-state index is 0.134. The number of rotatable bonds is 6. The lowest BCUT2D eigenvalue weighted by atomic mass is 10.2. The van der Waals surface area contributed by atoms with E-state index in [1.165, 1.54) is 11.8 Å². The molecule has 0 fully saturated rings. The van der Waals surface area contributed by atoms with Gasteiger partial charge in [-0.1, -0.05) is 42.1 Å². The van der Waals surface area contributed by atoms with Gasteiger partial charge >= 0.3 is 0 Å². The Hall–Kier alpha value is -3.43. The van der Waals surface area contributed by atoms with Crippen LogP contribution in [0.2, 0.25) is 0 Å². The van der Waals surface area contributed by atoms with Crippen LogP contribution in [0, 0.1) is 6.92 Å². The van der Waals surface area contributed by atoms with E-state index in [4.69, 9.17) is 9.47 Å². The van der Waals surface area contributed by atoms with Crippen LogP contribution in [0.25, 0.3) is 21.1 Å². The summed E-state index contributed by atoms with van der Waals surface area (Å²) in [6.07, 6.45) is 0. The molecule has 0 unspecified atom stereocenters. The first-order valence-corrected chi connectivity index (χ1v) is 11.7. The van der Waals surface area contributed by atoms with Crippen LogP contribution in [0.1, 0.15) is 5.69 Å². The number of hydrogen-bond donors (Lipinski definition) is 1. The summed E-state index contributed by atoms with van der Waals surface area (Å²) in [4.78, 5) is 18.0. The van der Waals surface area contributed by atoms with E-state index < -0.39 is 0 Å². The van der Waals surface area contributed by atoms with Gasteiger partial charge < -0.3 is 14.8 Å². The molecule has 7 nitrogen and oxygen atoms in total. The first kappa shape index (κ1) is 20.5. The van der Waals surface area contributed by atoms with Crippen molar-refractivity contribution in [2.45, 2.75) is 11.9 Å². The Morgan fingerprint density at radius 2 is 1.91 bits per heavy atom. The van der Waals surface area contributed by atoms with Gasteiger partial charge in [-0.2, -0.15) is 0 Å². The third kappa shape index (κ3) is 4.44. The summed E-state index contributed by atoms with van der Waals surface area (Å²) in [5.41, 5.74) is 3.44. The Morgan fingerprint density at radius 3 is 2.72 bits per heavy atom. The molecule has 32 heavy (non-hydrogen) atoms. The summed E-state index contributed by atoms with van der Waals surface area (Å²) in [5.74, 6) is 1.40. The van der Waals surface area contributed by atoms with E-state index in [0.717, 1.165) is 26.8 Å². The molecule has 0 spiro atoms. The van der Waals surface area contributed by atoms with Gasteiger partial charge in [-0.25, -0.2) is 4.98 Å². The molecule has 3 heterocycles. The highest BCUT2D eigenvalue weighted by Gasteiger charge is 2.15. The fourth-order valence-electron chi connectivity index (χ4n) is 3.17. The quantitative estimate of drug-likeness (QED) is 0.402. The topological polar surface area (TPSA) is 86.2 Å². The first-order chi connectivity index (χ1) is 15.7. The van der Waals surface area contributed by atoms with E-state index in [0.29, 0.717) is 22.2 Å². The molecule has 0 saturated carbocycles. The van der Waals surface area contributed by atoms with Crippen molar-refractivity contribution in [3.8, 4) is 32.6 Å². The predicted molar refractivity (Wildman–Crippen MR) is 125 cm³/mol. The first-order valence-electron chi connectivity index (χ1n) is 9.85. The molecule has 2 aromatic heterocycles. The van der Waals surface area contributed by atoms with E-state index in [-0.39, 0.29) is 18.5 Å². The smallest absolute Gasteiger partial charge is 0.234 e. The van der Waals surface area contributed by atoms with Crippen LogP contribution in [0.5, 0.6) is 11.5 Å². The lowest BCUT2D eigenvalue weighted by Crippen LogP contribution is -2.14. The van der Waals surface area contributed by atoms with Crippen molar-refractivity contribution < 1.29 is 14.3 Å². The second-order valence-corrected chi connectivity index (χ2v) is 8.96. The minimum Gasteiger partial charge on any atom is -0.454 e. The van der Waals surface area contributed by atoms with Crippen LogP contribution in [-0.2, 0) is 4.79 Å². The van der Waals surface area contributed by atoms with Gasteiger partial charge in [0, 0.05) is 17.3 Å². The van der Waals surface area contributed by atoms with Crippen LogP contribution in [-0.4, -0.2) is 33.6 Å². The molecule has 0 bridgehead atoms. The average Bonchev–Trinajstić information content (AvgIpc) is 3.45. The maximum absolute atomic E-state index is 12.3. The number of nitrogens with one attached hydrogen (secondary N) is 1. The number of aromatic nitrogens is 3. The van der Waals surface area contributed by atoms with E-state index >= 15 is 0 Å². The number of ether oxygens (including phenoxy) is 2. The van der Waals surface area contributed by atoms with E-state index in [9.17, 15) is 4.79 Å².